The first-order chi connectivity index (χ1) is 13.4. The van der Waals surface area contributed by atoms with Crippen LogP contribution in [0.2, 0.25) is 0 Å². The molecule has 3 aromatic rings. The molecule has 0 atom stereocenters. The lowest BCUT2D eigenvalue weighted by atomic mass is 9.64. The van der Waals surface area contributed by atoms with Gasteiger partial charge in [0.1, 0.15) is 0 Å². The molecule has 2 aliphatic carbocycles. The van der Waals surface area contributed by atoms with Crippen molar-refractivity contribution < 1.29 is 0 Å². The number of allylic oxidation sites excluding steroid dienone is 4. The van der Waals surface area contributed by atoms with Crippen molar-refractivity contribution in [2.75, 3.05) is 0 Å². The molecule has 0 amide bonds. The molecule has 0 heteroatoms. The Balaban J connectivity index is 1.79. The third-order valence-electron chi connectivity index (χ3n) is 6.52. The van der Waals surface area contributed by atoms with E-state index >= 15 is 0 Å². The van der Waals surface area contributed by atoms with Gasteiger partial charge in [0, 0.05) is 0 Å². The van der Waals surface area contributed by atoms with Gasteiger partial charge in [0.2, 0.25) is 0 Å². The summed E-state index contributed by atoms with van der Waals surface area (Å²) in [5.74, 6) is 0. The fourth-order valence-electron chi connectivity index (χ4n) is 5.37. The van der Waals surface area contributed by atoms with Crippen LogP contribution in [-0.4, -0.2) is 0 Å². The summed E-state index contributed by atoms with van der Waals surface area (Å²) in [6, 6.07) is 22.3. The summed E-state index contributed by atoms with van der Waals surface area (Å²) in [5.41, 5.74) is 9.09. The third-order valence-corrected chi connectivity index (χ3v) is 6.52. The van der Waals surface area contributed by atoms with Crippen molar-refractivity contribution in [2.45, 2.75) is 46.0 Å². The first kappa shape index (κ1) is 17.5. The van der Waals surface area contributed by atoms with Crippen molar-refractivity contribution in [1.82, 2.24) is 0 Å². The third kappa shape index (κ3) is 2.66. The van der Waals surface area contributed by atoms with Gasteiger partial charge >= 0.3 is 0 Å². The average Bonchev–Trinajstić information content (AvgIpc) is 2.66. The van der Waals surface area contributed by atoms with Crippen molar-refractivity contribution in [2.24, 2.45) is 5.41 Å². The summed E-state index contributed by atoms with van der Waals surface area (Å²) in [7, 11) is 0. The Kier molecular flexibility index (Phi) is 3.72. The lowest BCUT2D eigenvalue weighted by Gasteiger charge is -2.40. The van der Waals surface area contributed by atoms with E-state index in [9.17, 15) is 0 Å². The van der Waals surface area contributed by atoms with Crippen LogP contribution in [0.25, 0.3) is 27.5 Å². The molecule has 0 aliphatic heterocycles. The molecular weight excluding hydrogens is 336 g/mol. The largest absolute Gasteiger partial charge is 0.0779 e. The number of hydrogen-bond acceptors (Lipinski definition) is 0. The molecule has 0 fully saturated rings. The van der Waals surface area contributed by atoms with E-state index < -0.39 is 0 Å². The first-order valence-corrected chi connectivity index (χ1v) is 10.4. The maximum absolute atomic E-state index is 2.43. The second-order valence-electron chi connectivity index (χ2n) is 9.83. The van der Waals surface area contributed by atoms with Crippen LogP contribution in [0, 0.1) is 5.41 Å². The maximum Gasteiger partial charge on any atom is -0.00538 e. The Morgan fingerprint density at radius 2 is 1.46 bits per heavy atom. The summed E-state index contributed by atoms with van der Waals surface area (Å²) in [6.07, 6.45) is 7.11. The SMILES string of the molecule is CC1(C)C=CC2=C(C1)CC(C)(C)c1c2ccc2c(-c3ccccc3)cccc12. The molecule has 0 saturated heterocycles. The lowest BCUT2D eigenvalue weighted by Crippen LogP contribution is -2.27. The minimum absolute atomic E-state index is 0.143. The van der Waals surface area contributed by atoms with E-state index in [1.54, 1.807) is 5.57 Å². The van der Waals surface area contributed by atoms with Gasteiger partial charge in [-0.15, -0.1) is 0 Å². The summed E-state index contributed by atoms with van der Waals surface area (Å²) in [4.78, 5) is 0. The molecule has 0 radical (unpaired) electrons. The molecule has 0 bridgehead atoms. The Labute approximate surface area is 168 Å². The monoisotopic (exact) mass is 364 g/mol. The Bertz CT molecular complexity index is 1140. The van der Waals surface area contributed by atoms with Crippen molar-refractivity contribution >= 4 is 16.3 Å². The zero-order valence-corrected chi connectivity index (χ0v) is 17.3. The van der Waals surface area contributed by atoms with Crippen molar-refractivity contribution in [1.29, 1.82) is 0 Å². The summed E-state index contributed by atoms with van der Waals surface area (Å²) in [5, 5.41) is 2.78. The second-order valence-corrected chi connectivity index (χ2v) is 9.83. The molecule has 0 heterocycles. The van der Waals surface area contributed by atoms with E-state index in [1.807, 2.05) is 0 Å². The Morgan fingerprint density at radius 1 is 0.679 bits per heavy atom. The normalized spacial score (nSPS) is 19.4. The Hall–Kier alpha value is -2.60. The first-order valence-electron chi connectivity index (χ1n) is 10.4. The molecule has 0 spiro atoms. The highest BCUT2D eigenvalue weighted by Crippen LogP contribution is 2.51. The quantitative estimate of drug-likeness (QED) is 0.411. The summed E-state index contributed by atoms with van der Waals surface area (Å²) in [6.45, 7) is 9.55. The Morgan fingerprint density at radius 3 is 2.25 bits per heavy atom. The van der Waals surface area contributed by atoms with Gasteiger partial charge < -0.3 is 0 Å². The minimum Gasteiger partial charge on any atom is -0.0779 e. The average molecular weight is 365 g/mol. The molecule has 2 aliphatic rings. The fourth-order valence-corrected chi connectivity index (χ4v) is 5.37. The van der Waals surface area contributed by atoms with Gasteiger partial charge in [-0.1, -0.05) is 106 Å². The molecule has 0 unspecified atom stereocenters. The summed E-state index contributed by atoms with van der Waals surface area (Å²) >= 11 is 0. The topological polar surface area (TPSA) is 0 Å². The zero-order valence-electron chi connectivity index (χ0n) is 17.3. The highest BCUT2D eigenvalue weighted by Gasteiger charge is 2.36. The van der Waals surface area contributed by atoms with E-state index in [0.29, 0.717) is 0 Å². The zero-order chi connectivity index (χ0) is 19.5. The number of benzene rings is 3. The molecular formula is C28H28. The van der Waals surface area contributed by atoms with Gasteiger partial charge in [0.25, 0.3) is 0 Å². The highest BCUT2D eigenvalue weighted by atomic mass is 14.4. The van der Waals surface area contributed by atoms with Crippen LogP contribution in [0.4, 0.5) is 0 Å². The molecule has 3 aromatic carbocycles. The van der Waals surface area contributed by atoms with Crippen LogP contribution >= 0.6 is 0 Å². The summed E-state index contributed by atoms with van der Waals surface area (Å²) < 4.78 is 0. The van der Waals surface area contributed by atoms with Crippen LogP contribution in [0.1, 0.15) is 51.7 Å². The van der Waals surface area contributed by atoms with Crippen LogP contribution < -0.4 is 0 Å². The van der Waals surface area contributed by atoms with Gasteiger partial charge in [0.15, 0.2) is 0 Å². The molecule has 140 valence electrons. The standard InChI is InChI=1S/C28H28/c1-27(2)16-15-22-20(17-27)18-28(3,4)26-24-12-8-11-21(19-9-6-5-7-10-19)23(24)13-14-25(22)26/h5-16H,17-18H2,1-4H3. The van der Waals surface area contributed by atoms with Gasteiger partial charge in [-0.25, -0.2) is 0 Å². The second kappa shape index (κ2) is 5.95. The highest BCUT2D eigenvalue weighted by molar-refractivity contribution is 6.02. The molecule has 0 N–H and O–H groups in total. The van der Waals surface area contributed by atoms with Gasteiger partial charge in [-0.05, 0) is 62.3 Å². The smallest absolute Gasteiger partial charge is 0.00538 e. The number of rotatable bonds is 1. The minimum atomic E-state index is 0.143. The molecule has 0 nitrogen and oxygen atoms in total. The predicted octanol–water partition coefficient (Wildman–Crippen LogP) is 7.93. The number of fused-ring (bicyclic) bond motifs is 4. The number of hydrogen-bond donors (Lipinski definition) is 0. The lowest BCUT2D eigenvalue weighted by molar-refractivity contribution is 0.429. The van der Waals surface area contributed by atoms with E-state index in [2.05, 4.69) is 101 Å². The maximum atomic E-state index is 2.43. The van der Waals surface area contributed by atoms with E-state index in [0.717, 1.165) is 6.42 Å². The molecule has 0 saturated carbocycles. The van der Waals surface area contributed by atoms with Crippen LogP contribution in [0.15, 0.2) is 78.4 Å². The van der Waals surface area contributed by atoms with Crippen LogP contribution in [0.5, 0.6) is 0 Å². The van der Waals surface area contributed by atoms with Crippen molar-refractivity contribution in [3.63, 3.8) is 0 Å². The van der Waals surface area contributed by atoms with Crippen molar-refractivity contribution in [3.8, 4) is 11.1 Å². The molecule has 28 heavy (non-hydrogen) atoms. The van der Waals surface area contributed by atoms with Crippen LogP contribution in [0.3, 0.4) is 0 Å². The molecule has 5 rings (SSSR count). The van der Waals surface area contributed by atoms with Crippen LogP contribution in [-0.2, 0) is 5.41 Å². The molecule has 0 aromatic heterocycles. The van der Waals surface area contributed by atoms with E-state index in [-0.39, 0.29) is 10.8 Å². The predicted molar refractivity (Wildman–Crippen MR) is 121 cm³/mol. The van der Waals surface area contributed by atoms with Crippen molar-refractivity contribution in [3.05, 3.63) is 89.5 Å². The van der Waals surface area contributed by atoms with E-state index in [1.165, 1.54) is 45.0 Å². The van der Waals surface area contributed by atoms with E-state index in [4.69, 9.17) is 0 Å². The fraction of sp³-hybridized carbons (Fsp3) is 0.286. The van der Waals surface area contributed by atoms with Gasteiger partial charge in [-0.3, -0.25) is 0 Å². The van der Waals surface area contributed by atoms with Gasteiger partial charge in [-0.2, -0.15) is 0 Å². The van der Waals surface area contributed by atoms with Gasteiger partial charge in [0.05, 0.1) is 0 Å².